The number of anilines is 1. The highest BCUT2D eigenvalue weighted by Crippen LogP contribution is 2.49. The van der Waals surface area contributed by atoms with Crippen LogP contribution in [0.25, 0.3) is 0 Å². The Kier molecular flexibility index (Phi) is 3.69. The van der Waals surface area contributed by atoms with E-state index in [1.165, 1.54) is 31.4 Å². The highest BCUT2D eigenvalue weighted by atomic mass is 32.2. The average Bonchev–Trinajstić information content (AvgIpc) is 2.99. The Hall–Kier alpha value is -1.14. The fraction of sp³-hybridized carbons (Fsp3) is 0.600. The van der Waals surface area contributed by atoms with Crippen molar-refractivity contribution in [1.82, 2.24) is 4.72 Å². The predicted molar refractivity (Wildman–Crippen MR) is 79.5 cm³/mol. The number of halogens is 1. The maximum Gasteiger partial charge on any atom is 0.243 e. The minimum atomic E-state index is -3.84. The van der Waals surface area contributed by atoms with Gasteiger partial charge in [0.15, 0.2) is 0 Å². The van der Waals surface area contributed by atoms with Gasteiger partial charge in [0.1, 0.15) is 10.7 Å². The van der Waals surface area contributed by atoms with Gasteiger partial charge in [0.05, 0.1) is 0 Å². The van der Waals surface area contributed by atoms with Gasteiger partial charge in [-0.2, -0.15) is 0 Å². The molecule has 2 bridgehead atoms. The van der Waals surface area contributed by atoms with Gasteiger partial charge >= 0.3 is 0 Å². The van der Waals surface area contributed by atoms with Gasteiger partial charge in [0.25, 0.3) is 0 Å². The molecule has 0 aliphatic heterocycles. The normalized spacial score (nSPS) is 29.7. The zero-order valence-electron chi connectivity index (χ0n) is 12.0. The molecule has 3 N–H and O–H groups in total. The van der Waals surface area contributed by atoms with Crippen LogP contribution in [0.4, 0.5) is 10.1 Å². The molecule has 0 radical (unpaired) electrons. The van der Waals surface area contributed by atoms with Crippen LogP contribution in [-0.4, -0.2) is 14.5 Å². The molecule has 3 rings (SSSR count). The van der Waals surface area contributed by atoms with Crippen molar-refractivity contribution in [2.24, 2.45) is 17.8 Å². The molecule has 0 aromatic heterocycles. The lowest BCUT2D eigenvalue weighted by Crippen LogP contribution is -2.40. The highest BCUT2D eigenvalue weighted by molar-refractivity contribution is 7.89. The summed E-state index contributed by atoms with van der Waals surface area (Å²) >= 11 is 0. The molecule has 0 saturated heterocycles. The van der Waals surface area contributed by atoms with Crippen LogP contribution in [0.2, 0.25) is 0 Å². The van der Waals surface area contributed by atoms with Crippen LogP contribution in [0.3, 0.4) is 0 Å². The van der Waals surface area contributed by atoms with Gasteiger partial charge in [-0.1, -0.05) is 6.42 Å². The van der Waals surface area contributed by atoms with Gasteiger partial charge < -0.3 is 5.73 Å². The van der Waals surface area contributed by atoms with Crippen molar-refractivity contribution in [2.75, 3.05) is 5.73 Å². The third-order valence-electron chi connectivity index (χ3n) is 5.02. The quantitative estimate of drug-likeness (QED) is 0.839. The molecular weight excluding hydrogens is 291 g/mol. The number of fused-ring (bicyclic) bond motifs is 2. The van der Waals surface area contributed by atoms with Gasteiger partial charge in [0, 0.05) is 11.7 Å². The molecule has 0 spiro atoms. The number of rotatable bonds is 4. The van der Waals surface area contributed by atoms with E-state index in [2.05, 4.69) is 4.72 Å². The Balaban J connectivity index is 1.76. The summed E-state index contributed by atoms with van der Waals surface area (Å²) in [6.45, 7) is 1.89. The van der Waals surface area contributed by atoms with E-state index in [9.17, 15) is 12.8 Å². The minimum absolute atomic E-state index is 0.165. The van der Waals surface area contributed by atoms with Crippen molar-refractivity contribution in [1.29, 1.82) is 0 Å². The van der Waals surface area contributed by atoms with Gasteiger partial charge in [-0.15, -0.1) is 0 Å². The molecule has 6 heteroatoms. The SMILES string of the molecule is CC(NS(=O)(=O)c1ccc(N)cc1F)C1CC2CCC1C2. The van der Waals surface area contributed by atoms with Gasteiger partial charge in [-0.25, -0.2) is 17.5 Å². The lowest BCUT2D eigenvalue weighted by atomic mass is 9.84. The fourth-order valence-corrected chi connectivity index (χ4v) is 5.39. The van der Waals surface area contributed by atoms with Crippen LogP contribution in [0.1, 0.15) is 32.6 Å². The third-order valence-corrected chi connectivity index (χ3v) is 6.61. The molecule has 1 aromatic rings. The Morgan fingerprint density at radius 1 is 1.33 bits per heavy atom. The number of nitrogens with one attached hydrogen (secondary N) is 1. The number of nitrogens with two attached hydrogens (primary N) is 1. The van der Waals surface area contributed by atoms with Crippen molar-refractivity contribution in [2.45, 2.75) is 43.5 Å². The molecule has 2 aliphatic rings. The molecule has 2 fully saturated rings. The first kappa shape index (κ1) is 14.8. The second-order valence-electron chi connectivity index (χ2n) is 6.44. The summed E-state index contributed by atoms with van der Waals surface area (Å²) in [5.74, 6) is 0.933. The number of hydrogen-bond donors (Lipinski definition) is 2. The van der Waals surface area contributed by atoms with Crippen molar-refractivity contribution < 1.29 is 12.8 Å². The zero-order chi connectivity index (χ0) is 15.2. The molecule has 2 aliphatic carbocycles. The van der Waals surface area contributed by atoms with Crippen molar-refractivity contribution in [3.05, 3.63) is 24.0 Å². The minimum Gasteiger partial charge on any atom is -0.399 e. The number of nitrogen functional groups attached to an aromatic ring is 1. The largest absolute Gasteiger partial charge is 0.399 e. The van der Waals surface area contributed by atoms with Crippen molar-refractivity contribution >= 4 is 15.7 Å². The predicted octanol–water partition coefficient (Wildman–Crippen LogP) is 2.51. The molecule has 4 unspecified atom stereocenters. The van der Waals surface area contributed by atoms with E-state index in [1.807, 2.05) is 6.92 Å². The van der Waals surface area contributed by atoms with Crippen LogP contribution in [0.15, 0.2) is 23.1 Å². The molecule has 0 heterocycles. The molecule has 2 saturated carbocycles. The van der Waals surface area contributed by atoms with E-state index < -0.39 is 15.8 Å². The molecule has 1 aromatic carbocycles. The Labute approximate surface area is 125 Å². The Bertz CT molecular complexity index is 647. The number of benzene rings is 1. The van der Waals surface area contributed by atoms with Crippen molar-refractivity contribution in [3.8, 4) is 0 Å². The molecule has 116 valence electrons. The summed E-state index contributed by atoms with van der Waals surface area (Å²) in [7, 11) is -3.84. The lowest BCUT2D eigenvalue weighted by Gasteiger charge is -2.28. The van der Waals surface area contributed by atoms with Gasteiger partial charge in [-0.3, -0.25) is 0 Å². The molecule has 21 heavy (non-hydrogen) atoms. The topological polar surface area (TPSA) is 72.2 Å². The van der Waals surface area contributed by atoms with E-state index in [1.54, 1.807) is 0 Å². The summed E-state index contributed by atoms with van der Waals surface area (Å²) in [5, 5.41) is 0. The fourth-order valence-electron chi connectivity index (χ4n) is 4.04. The van der Waals surface area contributed by atoms with Crippen LogP contribution in [0.5, 0.6) is 0 Å². The maximum atomic E-state index is 13.8. The molecule has 0 amide bonds. The van der Waals surface area contributed by atoms with Crippen LogP contribution in [-0.2, 0) is 10.0 Å². The third kappa shape index (κ3) is 2.79. The van der Waals surface area contributed by atoms with E-state index in [0.717, 1.165) is 18.4 Å². The van der Waals surface area contributed by atoms with Crippen LogP contribution in [0, 0.1) is 23.6 Å². The molecule has 4 atom stereocenters. The summed E-state index contributed by atoms with van der Waals surface area (Å²) in [6.07, 6.45) is 4.76. The first-order valence-electron chi connectivity index (χ1n) is 7.44. The van der Waals surface area contributed by atoms with Crippen LogP contribution >= 0.6 is 0 Å². The average molecular weight is 312 g/mol. The van der Waals surface area contributed by atoms with Crippen LogP contribution < -0.4 is 10.5 Å². The second kappa shape index (κ2) is 5.25. The van der Waals surface area contributed by atoms with E-state index in [-0.39, 0.29) is 16.6 Å². The number of hydrogen-bond acceptors (Lipinski definition) is 3. The summed E-state index contributed by atoms with van der Waals surface area (Å²) in [4.78, 5) is -0.327. The second-order valence-corrected chi connectivity index (χ2v) is 8.12. The summed E-state index contributed by atoms with van der Waals surface area (Å²) in [6, 6.07) is 3.50. The van der Waals surface area contributed by atoms with Gasteiger partial charge in [0.2, 0.25) is 10.0 Å². The van der Waals surface area contributed by atoms with E-state index in [0.29, 0.717) is 11.8 Å². The maximum absolute atomic E-state index is 13.8. The smallest absolute Gasteiger partial charge is 0.243 e. The van der Waals surface area contributed by atoms with E-state index in [4.69, 9.17) is 5.73 Å². The monoisotopic (exact) mass is 312 g/mol. The standard InChI is InChI=1S/C15H21FN2O2S/c1-9(13-7-10-2-3-11(13)6-10)18-21(19,20)15-5-4-12(17)8-14(15)16/h4-5,8-11,13,18H,2-3,6-7,17H2,1H3. The highest BCUT2D eigenvalue weighted by Gasteiger charge is 2.42. The van der Waals surface area contributed by atoms with Crippen molar-refractivity contribution in [3.63, 3.8) is 0 Å². The van der Waals surface area contributed by atoms with E-state index >= 15 is 0 Å². The summed E-state index contributed by atoms with van der Waals surface area (Å²) in [5.41, 5.74) is 5.67. The Morgan fingerprint density at radius 3 is 2.67 bits per heavy atom. The summed E-state index contributed by atoms with van der Waals surface area (Å²) < 4.78 is 41.2. The zero-order valence-corrected chi connectivity index (χ0v) is 12.9. The lowest BCUT2D eigenvalue weighted by molar-refractivity contribution is 0.280. The first-order valence-corrected chi connectivity index (χ1v) is 8.92. The number of sulfonamides is 1. The molecular formula is C15H21FN2O2S. The Morgan fingerprint density at radius 2 is 2.10 bits per heavy atom. The first-order chi connectivity index (χ1) is 9.87. The molecule has 4 nitrogen and oxygen atoms in total. The van der Waals surface area contributed by atoms with Gasteiger partial charge in [-0.05, 0) is 62.1 Å².